The zero-order valence-corrected chi connectivity index (χ0v) is 20.2. The minimum atomic E-state index is -4.78. The van der Waals surface area contributed by atoms with E-state index in [1.807, 2.05) is 0 Å². The molecule has 0 N–H and O–H groups in total. The van der Waals surface area contributed by atoms with Gasteiger partial charge in [0.2, 0.25) is 5.91 Å². The Morgan fingerprint density at radius 1 is 1.24 bits per heavy atom. The highest BCUT2D eigenvalue weighted by atomic mass is 35.5. The van der Waals surface area contributed by atoms with Crippen LogP contribution in [0.5, 0.6) is 5.75 Å². The average molecular weight is 536 g/mol. The molecule has 4 rings (SSSR count). The third kappa shape index (κ3) is 7.40. The summed E-state index contributed by atoms with van der Waals surface area (Å²) in [6.45, 7) is 3.83. The molecule has 1 aromatic carbocycles. The van der Waals surface area contributed by atoms with Crippen LogP contribution in [0.3, 0.4) is 0 Å². The quantitative estimate of drug-likeness (QED) is 0.318. The lowest BCUT2D eigenvalue weighted by Crippen LogP contribution is -2.43. The Morgan fingerprint density at radius 2 is 1.97 bits per heavy atom. The molecule has 1 aliphatic rings. The fourth-order valence-electron chi connectivity index (χ4n) is 3.16. The van der Waals surface area contributed by atoms with Crippen molar-refractivity contribution in [2.45, 2.75) is 11.5 Å². The Balaban J connectivity index is 0.00000324. The average Bonchev–Trinajstić information content (AvgIpc) is 3.21. The van der Waals surface area contributed by atoms with Crippen molar-refractivity contribution < 1.29 is 27.4 Å². The number of fused-ring (bicyclic) bond motifs is 1. The van der Waals surface area contributed by atoms with Crippen molar-refractivity contribution in [3.8, 4) is 5.75 Å². The molecule has 0 unspecified atom stereocenters. The summed E-state index contributed by atoms with van der Waals surface area (Å²) in [6, 6.07) is 5.63. The summed E-state index contributed by atoms with van der Waals surface area (Å²) >= 11 is 2.36. The van der Waals surface area contributed by atoms with Gasteiger partial charge < -0.3 is 9.47 Å². The molecular weight excluding hydrogens is 515 g/mol. The molecular formula is C20H21ClF3N5O3S2. The van der Waals surface area contributed by atoms with Crippen LogP contribution in [0.4, 0.5) is 18.3 Å². The highest BCUT2D eigenvalue weighted by Crippen LogP contribution is 2.33. The van der Waals surface area contributed by atoms with Crippen LogP contribution in [0, 0.1) is 0 Å². The minimum Gasteiger partial charge on any atom is -0.406 e. The van der Waals surface area contributed by atoms with E-state index in [9.17, 15) is 18.0 Å². The molecule has 1 amide bonds. The summed E-state index contributed by atoms with van der Waals surface area (Å²) in [7, 11) is 0. The second kappa shape index (κ2) is 12.0. The first-order valence-electron chi connectivity index (χ1n) is 10.0. The van der Waals surface area contributed by atoms with E-state index in [-0.39, 0.29) is 29.8 Å². The van der Waals surface area contributed by atoms with Crippen LogP contribution in [0.25, 0.3) is 10.2 Å². The van der Waals surface area contributed by atoms with Gasteiger partial charge in [-0.15, -0.1) is 25.6 Å². The van der Waals surface area contributed by atoms with Crippen LogP contribution in [-0.4, -0.2) is 77.3 Å². The molecule has 1 fully saturated rings. The third-order valence-corrected chi connectivity index (χ3v) is 6.63. The number of carbonyl (C=O) groups is 1. The number of carbonyl (C=O) groups excluding carboxylic acids is 1. The molecule has 14 heteroatoms. The van der Waals surface area contributed by atoms with E-state index in [1.165, 1.54) is 30.0 Å². The van der Waals surface area contributed by atoms with Crippen molar-refractivity contribution in [2.24, 2.45) is 0 Å². The van der Waals surface area contributed by atoms with Gasteiger partial charge in [-0.05, 0) is 18.2 Å². The number of halogens is 4. The number of thiazole rings is 1. The summed E-state index contributed by atoms with van der Waals surface area (Å²) in [5.74, 6) is -0.411. The van der Waals surface area contributed by atoms with E-state index < -0.39 is 6.36 Å². The van der Waals surface area contributed by atoms with Crippen molar-refractivity contribution in [1.29, 1.82) is 0 Å². The molecule has 0 spiro atoms. The van der Waals surface area contributed by atoms with E-state index in [0.717, 1.165) is 24.4 Å². The normalized spacial score (nSPS) is 14.6. The van der Waals surface area contributed by atoms with Gasteiger partial charge in [-0.3, -0.25) is 14.6 Å². The molecule has 8 nitrogen and oxygen atoms in total. The Labute approximate surface area is 207 Å². The molecule has 1 saturated heterocycles. The number of thioether (sulfide) groups is 1. The number of anilines is 1. The topological polar surface area (TPSA) is 80.7 Å². The number of hydrogen-bond acceptors (Lipinski definition) is 9. The van der Waals surface area contributed by atoms with Gasteiger partial charge in [-0.2, -0.15) is 0 Å². The predicted molar refractivity (Wildman–Crippen MR) is 126 cm³/mol. The summed E-state index contributed by atoms with van der Waals surface area (Å²) in [5, 5.41) is 0.902. The lowest BCUT2D eigenvalue weighted by Gasteiger charge is -2.29. The van der Waals surface area contributed by atoms with E-state index >= 15 is 0 Å². The first kappa shape index (κ1) is 26.4. The van der Waals surface area contributed by atoms with Crippen molar-refractivity contribution >= 4 is 56.8 Å². The fourth-order valence-corrected chi connectivity index (χ4v) is 4.88. The largest absolute Gasteiger partial charge is 0.573 e. The van der Waals surface area contributed by atoms with Gasteiger partial charge in [0.1, 0.15) is 5.75 Å². The first-order valence-corrected chi connectivity index (χ1v) is 11.8. The number of morpholine rings is 1. The van der Waals surface area contributed by atoms with E-state index in [0.29, 0.717) is 46.8 Å². The smallest absolute Gasteiger partial charge is 0.406 e. The zero-order chi connectivity index (χ0) is 23.3. The van der Waals surface area contributed by atoms with Crippen molar-refractivity contribution in [3.63, 3.8) is 0 Å². The molecule has 1 aliphatic heterocycles. The van der Waals surface area contributed by atoms with Crippen molar-refractivity contribution in [1.82, 2.24) is 19.9 Å². The molecule has 0 aliphatic carbocycles. The van der Waals surface area contributed by atoms with Crippen LogP contribution in [0.2, 0.25) is 0 Å². The number of hydrogen-bond donors (Lipinski definition) is 0. The Bertz CT molecular complexity index is 1080. The van der Waals surface area contributed by atoms with Gasteiger partial charge >= 0.3 is 6.36 Å². The second-order valence-electron chi connectivity index (χ2n) is 6.99. The number of benzene rings is 1. The monoisotopic (exact) mass is 535 g/mol. The third-order valence-electron chi connectivity index (χ3n) is 4.72. The summed E-state index contributed by atoms with van der Waals surface area (Å²) in [6.07, 6.45) is -1.58. The summed E-state index contributed by atoms with van der Waals surface area (Å²) < 4.78 is 47.6. The number of nitrogens with zero attached hydrogens (tertiary/aromatic N) is 5. The fraction of sp³-hybridized carbons (Fsp3) is 0.400. The zero-order valence-electron chi connectivity index (χ0n) is 17.7. The van der Waals surface area contributed by atoms with Gasteiger partial charge in [0, 0.05) is 44.6 Å². The molecule has 34 heavy (non-hydrogen) atoms. The van der Waals surface area contributed by atoms with Gasteiger partial charge in [0.25, 0.3) is 0 Å². The Hall–Kier alpha value is -2.19. The van der Waals surface area contributed by atoms with Gasteiger partial charge in [0.15, 0.2) is 10.3 Å². The molecule has 184 valence electrons. The van der Waals surface area contributed by atoms with Crippen molar-refractivity contribution in [2.75, 3.05) is 50.0 Å². The first-order chi connectivity index (χ1) is 15.9. The number of ether oxygens (including phenoxy) is 2. The highest BCUT2D eigenvalue weighted by molar-refractivity contribution is 7.99. The second-order valence-corrected chi connectivity index (χ2v) is 8.94. The lowest BCUT2D eigenvalue weighted by atomic mass is 10.3. The Morgan fingerprint density at radius 3 is 2.68 bits per heavy atom. The van der Waals surface area contributed by atoms with E-state index in [1.54, 1.807) is 23.4 Å². The lowest BCUT2D eigenvalue weighted by molar-refractivity contribution is -0.274. The summed E-state index contributed by atoms with van der Waals surface area (Å²) in [5.41, 5.74) is 0.493. The maximum Gasteiger partial charge on any atom is 0.573 e. The molecule has 2 aromatic heterocycles. The molecule has 0 bridgehead atoms. The molecule has 0 saturated carbocycles. The highest BCUT2D eigenvalue weighted by Gasteiger charge is 2.31. The minimum absolute atomic E-state index is 0. The number of amides is 1. The number of rotatable bonds is 8. The maximum absolute atomic E-state index is 13.1. The van der Waals surface area contributed by atoms with Gasteiger partial charge in [0.05, 0.1) is 29.2 Å². The maximum atomic E-state index is 13.1. The van der Waals surface area contributed by atoms with Crippen LogP contribution >= 0.6 is 35.5 Å². The van der Waals surface area contributed by atoms with Crippen LogP contribution in [-0.2, 0) is 9.53 Å². The molecule has 3 aromatic rings. The Kier molecular flexibility index (Phi) is 9.31. The van der Waals surface area contributed by atoms with Crippen LogP contribution in [0.15, 0.2) is 41.8 Å². The standard InChI is InChI=1S/C20H20F3N5O3S2.ClH/c21-20(22,23)31-14-2-3-15-16(12-14)33-19(26-15)28(7-6-27-8-10-30-11-9-27)17(29)13-32-18-24-4-1-5-25-18;/h1-5,12H,6-11,13H2;1H. The molecule has 0 radical (unpaired) electrons. The molecule has 0 atom stereocenters. The van der Waals surface area contributed by atoms with Gasteiger partial charge in [-0.25, -0.2) is 15.0 Å². The number of aromatic nitrogens is 3. The van der Waals surface area contributed by atoms with E-state index in [2.05, 4.69) is 24.6 Å². The van der Waals surface area contributed by atoms with Gasteiger partial charge in [-0.1, -0.05) is 23.1 Å². The summed E-state index contributed by atoms with van der Waals surface area (Å²) in [4.78, 5) is 29.6. The molecule has 3 heterocycles. The predicted octanol–water partition coefficient (Wildman–Crippen LogP) is 3.86. The van der Waals surface area contributed by atoms with Crippen molar-refractivity contribution in [3.05, 3.63) is 36.7 Å². The van der Waals surface area contributed by atoms with Crippen LogP contribution < -0.4 is 9.64 Å². The van der Waals surface area contributed by atoms with Crippen LogP contribution in [0.1, 0.15) is 0 Å². The SMILES string of the molecule is Cl.O=C(CSc1ncccn1)N(CCN1CCOCC1)c1nc2ccc(OC(F)(F)F)cc2s1. The number of alkyl halides is 3. The van der Waals surface area contributed by atoms with E-state index in [4.69, 9.17) is 4.74 Å².